The molecule has 1 N–H and O–H groups in total. The van der Waals surface area contributed by atoms with E-state index in [0.29, 0.717) is 6.04 Å². The van der Waals surface area contributed by atoms with Crippen LogP contribution in [0.1, 0.15) is 18.4 Å². The summed E-state index contributed by atoms with van der Waals surface area (Å²) in [6, 6.07) is 2.51. The summed E-state index contributed by atoms with van der Waals surface area (Å²) in [5.74, 6) is 0.953. The molecule has 21 heavy (non-hydrogen) atoms. The molecule has 0 radical (unpaired) electrons. The highest BCUT2D eigenvalue weighted by molar-refractivity contribution is 9.10. The highest BCUT2D eigenvalue weighted by Crippen LogP contribution is 2.22. The quantitative estimate of drug-likeness (QED) is 0.925. The first-order chi connectivity index (χ1) is 10.1. The third kappa shape index (κ3) is 3.37. The molecule has 1 saturated heterocycles. The summed E-state index contributed by atoms with van der Waals surface area (Å²) in [5.41, 5.74) is 2.40. The van der Waals surface area contributed by atoms with Crippen molar-refractivity contribution in [2.24, 2.45) is 7.05 Å². The summed E-state index contributed by atoms with van der Waals surface area (Å²) in [6.07, 6.45) is 8.23. The number of piperidine rings is 1. The van der Waals surface area contributed by atoms with E-state index in [-0.39, 0.29) is 0 Å². The molecular weight excluding hydrogens is 330 g/mol. The Morgan fingerprint density at radius 3 is 2.95 bits per heavy atom. The smallest absolute Gasteiger partial charge is 0.126 e. The van der Waals surface area contributed by atoms with Gasteiger partial charge in [0.25, 0.3) is 0 Å². The first-order valence-corrected chi connectivity index (χ1v) is 8.03. The van der Waals surface area contributed by atoms with Crippen molar-refractivity contribution in [3.63, 3.8) is 0 Å². The topological polar surface area (TPSA) is 46.0 Å². The van der Waals surface area contributed by atoms with E-state index in [4.69, 9.17) is 0 Å². The molecule has 6 heteroatoms. The molecule has 2 aromatic rings. The fourth-order valence-corrected chi connectivity index (χ4v) is 2.95. The lowest BCUT2D eigenvalue weighted by atomic mass is 10.1. The Labute approximate surface area is 133 Å². The lowest BCUT2D eigenvalue weighted by Crippen LogP contribution is -2.42. The van der Waals surface area contributed by atoms with Crippen LogP contribution in [0, 0.1) is 6.92 Å². The first-order valence-electron chi connectivity index (χ1n) is 7.24. The van der Waals surface area contributed by atoms with Crippen molar-refractivity contribution in [2.45, 2.75) is 25.8 Å². The Morgan fingerprint density at radius 2 is 2.24 bits per heavy atom. The van der Waals surface area contributed by atoms with E-state index in [1.807, 2.05) is 24.1 Å². The van der Waals surface area contributed by atoms with E-state index < -0.39 is 0 Å². The van der Waals surface area contributed by atoms with Crippen LogP contribution in [-0.2, 0) is 7.05 Å². The van der Waals surface area contributed by atoms with Gasteiger partial charge < -0.3 is 10.2 Å². The maximum atomic E-state index is 4.44. The molecule has 3 rings (SSSR count). The van der Waals surface area contributed by atoms with Crippen LogP contribution in [0.2, 0.25) is 0 Å². The van der Waals surface area contributed by atoms with Gasteiger partial charge in [-0.25, -0.2) is 4.98 Å². The maximum absolute atomic E-state index is 4.44. The van der Waals surface area contributed by atoms with Crippen molar-refractivity contribution in [1.82, 2.24) is 14.8 Å². The van der Waals surface area contributed by atoms with Crippen molar-refractivity contribution in [3.05, 3.63) is 34.7 Å². The third-order valence-corrected chi connectivity index (χ3v) is 4.71. The molecule has 0 saturated carbocycles. The van der Waals surface area contributed by atoms with E-state index in [9.17, 15) is 0 Å². The van der Waals surface area contributed by atoms with Crippen molar-refractivity contribution < 1.29 is 0 Å². The lowest BCUT2D eigenvalue weighted by Gasteiger charge is -2.34. The van der Waals surface area contributed by atoms with Crippen LogP contribution in [0.25, 0.3) is 0 Å². The van der Waals surface area contributed by atoms with E-state index in [0.717, 1.165) is 23.4 Å². The van der Waals surface area contributed by atoms with Crippen molar-refractivity contribution in [1.29, 1.82) is 0 Å². The van der Waals surface area contributed by atoms with Crippen LogP contribution in [-0.4, -0.2) is 33.9 Å². The summed E-state index contributed by atoms with van der Waals surface area (Å²) in [6.45, 7) is 4.17. The summed E-state index contributed by atoms with van der Waals surface area (Å²) >= 11 is 3.49. The van der Waals surface area contributed by atoms with Crippen LogP contribution in [0.4, 0.5) is 11.5 Å². The van der Waals surface area contributed by atoms with E-state index in [2.05, 4.69) is 55.4 Å². The zero-order valence-corrected chi connectivity index (χ0v) is 14.0. The molecule has 1 aliphatic rings. The molecule has 0 aliphatic carbocycles. The summed E-state index contributed by atoms with van der Waals surface area (Å²) in [4.78, 5) is 6.83. The minimum absolute atomic E-state index is 0.423. The Hall–Kier alpha value is -1.56. The third-order valence-electron chi connectivity index (χ3n) is 3.88. The summed E-state index contributed by atoms with van der Waals surface area (Å²) in [5, 5.41) is 7.81. The summed E-state index contributed by atoms with van der Waals surface area (Å²) in [7, 11) is 1.96. The van der Waals surface area contributed by atoms with Crippen LogP contribution < -0.4 is 10.2 Å². The average molecular weight is 350 g/mol. The number of hydrogen-bond acceptors (Lipinski definition) is 4. The van der Waals surface area contributed by atoms with Crippen LogP contribution in [0.15, 0.2) is 29.1 Å². The number of aryl methyl sites for hydroxylation is 2. The maximum Gasteiger partial charge on any atom is 0.126 e. The second-order valence-corrected chi connectivity index (χ2v) is 6.47. The van der Waals surface area contributed by atoms with Crippen LogP contribution in [0.3, 0.4) is 0 Å². The molecule has 3 heterocycles. The van der Waals surface area contributed by atoms with Gasteiger partial charge >= 0.3 is 0 Å². The standard InChI is InChI=1S/C15H20BrN5/c1-11-6-15(17-8-14(11)16)19-12-4-3-5-21(9-12)13-7-18-20(2)10-13/h6-8,10,12H,3-5,9H2,1-2H3,(H,17,19). The number of nitrogens with one attached hydrogen (secondary N) is 1. The Morgan fingerprint density at radius 1 is 1.38 bits per heavy atom. The Kier molecular flexibility index (Phi) is 4.14. The number of hydrogen-bond donors (Lipinski definition) is 1. The van der Waals surface area contributed by atoms with Gasteiger partial charge in [0.1, 0.15) is 5.82 Å². The molecule has 5 nitrogen and oxygen atoms in total. The van der Waals surface area contributed by atoms with Crippen molar-refractivity contribution in [3.8, 4) is 0 Å². The number of nitrogens with zero attached hydrogens (tertiary/aromatic N) is 4. The molecule has 1 unspecified atom stereocenters. The van der Waals surface area contributed by atoms with Gasteiger partial charge in [0, 0.05) is 43.0 Å². The zero-order valence-electron chi connectivity index (χ0n) is 12.4. The van der Waals surface area contributed by atoms with Gasteiger partial charge in [-0.1, -0.05) is 0 Å². The van der Waals surface area contributed by atoms with Gasteiger partial charge in [0.15, 0.2) is 0 Å². The highest BCUT2D eigenvalue weighted by atomic mass is 79.9. The molecular formula is C15H20BrN5. The molecule has 1 fully saturated rings. The predicted molar refractivity (Wildman–Crippen MR) is 88.7 cm³/mol. The monoisotopic (exact) mass is 349 g/mol. The van der Waals surface area contributed by atoms with E-state index in [1.54, 1.807) is 0 Å². The number of aromatic nitrogens is 3. The highest BCUT2D eigenvalue weighted by Gasteiger charge is 2.21. The Bertz CT molecular complexity index is 624. The van der Waals surface area contributed by atoms with Crippen molar-refractivity contribution in [2.75, 3.05) is 23.3 Å². The predicted octanol–water partition coefficient (Wildman–Crippen LogP) is 2.97. The molecule has 1 atom stereocenters. The zero-order chi connectivity index (χ0) is 14.8. The van der Waals surface area contributed by atoms with Crippen molar-refractivity contribution >= 4 is 27.4 Å². The number of halogens is 1. The van der Waals surface area contributed by atoms with Crippen LogP contribution >= 0.6 is 15.9 Å². The van der Waals surface area contributed by atoms with Gasteiger partial charge in [-0.05, 0) is 47.3 Å². The second-order valence-electron chi connectivity index (χ2n) is 5.62. The van der Waals surface area contributed by atoms with Gasteiger partial charge in [-0.3, -0.25) is 4.68 Å². The molecule has 0 amide bonds. The molecule has 0 bridgehead atoms. The fourth-order valence-electron chi connectivity index (χ4n) is 2.73. The average Bonchev–Trinajstić information content (AvgIpc) is 2.90. The normalized spacial score (nSPS) is 18.8. The lowest BCUT2D eigenvalue weighted by molar-refractivity contribution is 0.529. The molecule has 0 spiro atoms. The van der Waals surface area contributed by atoms with E-state index in [1.165, 1.54) is 24.1 Å². The van der Waals surface area contributed by atoms with Gasteiger partial charge in [0.2, 0.25) is 0 Å². The molecule has 0 aromatic carbocycles. The van der Waals surface area contributed by atoms with Gasteiger partial charge in [-0.15, -0.1) is 0 Å². The number of pyridine rings is 1. The molecule has 1 aliphatic heterocycles. The fraction of sp³-hybridized carbons (Fsp3) is 0.467. The number of rotatable bonds is 3. The molecule has 112 valence electrons. The first kappa shape index (κ1) is 14.4. The minimum Gasteiger partial charge on any atom is -0.367 e. The van der Waals surface area contributed by atoms with Gasteiger partial charge in [-0.2, -0.15) is 5.10 Å². The minimum atomic E-state index is 0.423. The largest absolute Gasteiger partial charge is 0.367 e. The Balaban J connectivity index is 1.67. The number of anilines is 2. The molecule has 2 aromatic heterocycles. The summed E-state index contributed by atoms with van der Waals surface area (Å²) < 4.78 is 2.90. The van der Waals surface area contributed by atoms with Crippen LogP contribution in [0.5, 0.6) is 0 Å². The second kappa shape index (κ2) is 6.05. The van der Waals surface area contributed by atoms with Gasteiger partial charge in [0.05, 0.1) is 11.9 Å². The van der Waals surface area contributed by atoms with E-state index >= 15 is 0 Å². The SMILES string of the molecule is Cc1cc(NC2CCCN(c3cnn(C)c3)C2)ncc1Br.